The van der Waals surface area contributed by atoms with Gasteiger partial charge in [0.05, 0.1) is 12.6 Å². The van der Waals surface area contributed by atoms with E-state index in [0.717, 1.165) is 23.4 Å². The molecule has 3 rings (SSSR count). The van der Waals surface area contributed by atoms with Crippen LogP contribution in [0.1, 0.15) is 25.5 Å². The maximum Gasteiger partial charge on any atom is 0.240 e. The Labute approximate surface area is 171 Å². The van der Waals surface area contributed by atoms with E-state index in [2.05, 4.69) is 15.5 Å². The maximum atomic E-state index is 13.4. The van der Waals surface area contributed by atoms with Gasteiger partial charge in [-0.1, -0.05) is 6.07 Å². The molecule has 0 bridgehead atoms. The van der Waals surface area contributed by atoms with Crippen LogP contribution in [0.2, 0.25) is 0 Å². The van der Waals surface area contributed by atoms with Crippen LogP contribution < -0.4 is 10.1 Å². The first-order chi connectivity index (χ1) is 13.9. The maximum absolute atomic E-state index is 13.4. The van der Waals surface area contributed by atoms with E-state index < -0.39 is 17.7 Å². The lowest BCUT2D eigenvalue weighted by Crippen LogP contribution is -2.30. The Morgan fingerprint density at radius 3 is 2.62 bits per heavy atom. The largest absolute Gasteiger partial charge is 0.494 e. The van der Waals surface area contributed by atoms with E-state index in [4.69, 9.17) is 17.0 Å². The number of aromatic nitrogens is 3. The van der Waals surface area contributed by atoms with Crippen LogP contribution in [0.4, 0.5) is 8.78 Å². The Balaban J connectivity index is 1.74. The van der Waals surface area contributed by atoms with Gasteiger partial charge in [0.25, 0.3) is 0 Å². The molecule has 0 aliphatic carbocycles. The molecule has 1 atom stereocenters. The van der Waals surface area contributed by atoms with Crippen molar-refractivity contribution in [3.05, 3.63) is 64.4 Å². The predicted octanol–water partition coefficient (Wildman–Crippen LogP) is 4.16. The van der Waals surface area contributed by atoms with Gasteiger partial charge in [-0.25, -0.2) is 8.78 Å². The highest BCUT2D eigenvalue weighted by Crippen LogP contribution is 2.21. The number of carbonyl (C=O) groups is 1. The summed E-state index contributed by atoms with van der Waals surface area (Å²) in [6.07, 6.45) is 0. The molecule has 29 heavy (non-hydrogen) atoms. The molecular weight excluding hydrogens is 398 g/mol. The molecule has 6 nitrogen and oxygen atoms in total. The third-order valence-electron chi connectivity index (χ3n) is 4.30. The van der Waals surface area contributed by atoms with E-state index in [1.165, 1.54) is 6.07 Å². The second-order valence-corrected chi connectivity index (χ2v) is 6.75. The van der Waals surface area contributed by atoms with Gasteiger partial charge in [0, 0.05) is 5.56 Å². The highest BCUT2D eigenvalue weighted by atomic mass is 32.1. The summed E-state index contributed by atoms with van der Waals surface area (Å²) in [6.45, 7) is 4.08. The number of nitrogens with one attached hydrogen (secondary N) is 2. The highest BCUT2D eigenvalue weighted by Gasteiger charge is 2.16. The zero-order chi connectivity index (χ0) is 21.0. The lowest BCUT2D eigenvalue weighted by atomic mass is 10.1. The summed E-state index contributed by atoms with van der Waals surface area (Å²) in [7, 11) is 0. The Hall–Kier alpha value is -3.07. The molecule has 0 aliphatic heterocycles. The molecule has 0 fully saturated rings. The average Bonchev–Trinajstić information content (AvgIpc) is 3.05. The number of halogens is 2. The quantitative estimate of drug-likeness (QED) is 0.565. The fraction of sp³-hybridized carbons (Fsp3) is 0.250. The number of H-pyrrole nitrogens is 1. The van der Waals surface area contributed by atoms with Gasteiger partial charge in [-0.05, 0) is 68.0 Å². The van der Waals surface area contributed by atoms with E-state index in [0.29, 0.717) is 22.8 Å². The molecule has 0 saturated heterocycles. The van der Waals surface area contributed by atoms with Crippen molar-refractivity contribution >= 4 is 18.1 Å². The first-order valence-electron chi connectivity index (χ1n) is 9.01. The van der Waals surface area contributed by atoms with E-state index in [1.54, 1.807) is 11.5 Å². The van der Waals surface area contributed by atoms with Gasteiger partial charge in [-0.15, -0.1) is 0 Å². The SMILES string of the molecule is CCOc1ccc(-c2n[nH]c(=S)n2CC(=O)NC(C)c2ccc(F)c(F)c2)cc1. The summed E-state index contributed by atoms with van der Waals surface area (Å²) in [5.74, 6) is -0.994. The molecule has 0 spiro atoms. The molecule has 2 aromatic carbocycles. The van der Waals surface area contributed by atoms with Crippen molar-refractivity contribution in [1.29, 1.82) is 0 Å². The van der Waals surface area contributed by atoms with E-state index in [-0.39, 0.29) is 12.5 Å². The monoisotopic (exact) mass is 418 g/mol. The molecule has 152 valence electrons. The standard InChI is InChI=1S/C20H20F2N4O2S/c1-3-28-15-7-4-13(5-8-15)19-24-25-20(29)26(19)11-18(27)23-12(2)14-6-9-16(21)17(22)10-14/h4-10,12H,3,11H2,1-2H3,(H,23,27)(H,25,29). The Kier molecular flexibility index (Phi) is 6.38. The van der Waals surface area contributed by atoms with Crippen molar-refractivity contribution in [3.8, 4) is 17.1 Å². The summed E-state index contributed by atoms with van der Waals surface area (Å²) in [4.78, 5) is 12.5. The van der Waals surface area contributed by atoms with Crippen LogP contribution in [0.25, 0.3) is 11.4 Å². The van der Waals surface area contributed by atoms with Crippen LogP contribution >= 0.6 is 12.2 Å². The molecule has 9 heteroatoms. The fourth-order valence-corrected chi connectivity index (χ4v) is 3.04. The second-order valence-electron chi connectivity index (χ2n) is 6.36. The van der Waals surface area contributed by atoms with Crippen molar-refractivity contribution in [2.45, 2.75) is 26.4 Å². The zero-order valence-corrected chi connectivity index (χ0v) is 16.7. The number of ether oxygens (including phenoxy) is 1. The molecule has 1 amide bonds. The summed E-state index contributed by atoms with van der Waals surface area (Å²) >= 11 is 5.25. The van der Waals surface area contributed by atoms with E-state index in [9.17, 15) is 13.6 Å². The van der Waals surface area contributed by atoms with Crippen molar-refractivity contribution in [3.63, 3.8) is 0 Å². The zero-order valence-electron chi connectivity index (χ0n) is 15.9. The smallest absolute Gasteiger partial charge is 0.240 e. The molecular formula is C20H20F2N4O2S. The van der Waals surface area contributed by atoms with Gasteiger partial charge >= 0.3 is 0 Å². The fourth-order valence-electron chi connectivity index (χ4n) is 2.85. The van der Waals surface area contributed by atoms with Crippen molar-refractivity contribution < 1.29 is 18.3 Å². The molecule has 1 aromatic heterocycles. The molecule has 0 aliphatic rings. The van der Waals surface area contributed by atoms with Gasteiger partial charge in [-0.3, -0.25) is 14.5 Å². The Morgan fingerprint density at radius 1 is 1.24 bits per heavy atom. The first kappa shape index (κ1) is 20.7. The highest BCUT2D eigenvalue weighted by molar-refractivity contribution is 7.71. The normalized spacial score (nSPS) is 11.9. The minimum absolute atomic E-state index is 0.0775. The Bertz CT molecular complexity index is 1060. The number of carbonyl (C=O) groups excluding carboxylic acids is 1. The molecule has 0 saturated carbocycles. The summed E-state index contributed by atoms with van der Waals surface area (Å²) in [5.41, 5.74) is 1.22. The second kappa shape index (κ2) is 8.95. The lowest BCUT2D eigenvalue weighted by Gasteiger charge is -2.15. The van der Waals surface area contributed by atoms with Crippen molar-refractivity contribution in [2.75, 3.05) is 6.61 Å². The van der Waals surface area contributed by atoms with Crippen LogP contribution in [-0.2, 0) is 11.3 Å². The van der Waals surface area contributed by atoms with Gasteiger partial charge in [0.1, 0.15) is 12.3 Å². The minimum Gasteiger partial charge on any atom is -0.494 e. The van der Waals surface area contributed by atoms with Crippen molar-refractivity contribution in [2.24, 2.45) is 0 Å². The number of rotatable bonds is 7. The summed E-state index contributed by atoms with van der Waals surface area (Å²) in [5, 5.41) is 9.66. The van der Waals surface area contributed by atoms with Crippen LogP contribution in [0.15, 0.2) is 42.5 Å². The average molecular weight is 418 g/mol. The molecule has 3 aromatic rings. The summed E-state index contributed by atoms with van der Waals surface area (Å²) in [6, 6.07) is 10.3. The number of amides is 1. The van der Waals surface area contributed by atoms with Gasteiger partial charge in [0.2, 0.25) is 5.91 Å². The van der Waals surface area contributed by atoms with Crippen molar-refractivity contribution in [1.82, 2.24) is 20.1 Å². The third-order valence-corrected chi connectivity index (χ3v) is 4.62. The number of hydrogen-bond acceptors (Lipinski definition) is 4. The third kappa shape index (κ3) is 4.86. The lowest BCUT2D eigenvalue weighted by molar-refractivity contribution is -0.122. The molecule has 1 heterocycles. The van der Waals surface area contributed by atoms with E-state index >= 15 is 0 Å². The predicted molar refractivity (Wildman–Crippen MR) is 107 cm³/mol. The van der Waals surface area contributed by atoms with Crippen LogP contribution in [0.5, 0.6) is 5.75 Å². The number of nitrogens with zero attached hydrogens (tertiary/aromatic N) is 2. The minimum atomic E-state index is -0.960. The number of aromatic amines is 1. The Morgan fingerprint density at radius 2 is 1.97 bits per heavy atom. The molecule has 0 radical (unpaired) electrons. The van der Waals surface area contributed by atoms with Crippen LogP contribution in [0, 0.1) is 16.4 Å². The van der Waals surface area contributed by atoms with Gasteiger partial charge < -0.3 is 10.1 Å². The number of hydrogen-bond donors (Lipinski definition) is 2. The first-order valence-corrected chi connectivity index (χ1v) is 9.42. The van der Waals surface area contributed by atoms with E-state index in [1.807, 2.05) is 31.2 Å². The topological polar surface area (TPSA) is 71.9 Å². The summed E-state index contributed by atoms with van der Waals surface area (Å²) < 4.78 is 33.8. The van der Waals surface area contributed by atoms with Gasteiger partial charge in [0.15, 0.2) is 22.2 Å². The molecule has 1 unspecified atom stereocenters. The van der Waals surface area contributed by atoms with Gasteiger partial charge in [-0.2, -0.15) is 5.10 Å². The van der Waals surface area contributed by atoms with Crippen LogP contribution in [-0.4, -0.2) is 27.3 Å². The van der Waals surface area contributed by atoms with Crippen LogP contribution in [0.3, 0.4) is 0 Å². The molecule has 2 N–H and O–H groups in total. The number of benzene rings is 2.